The first kappa shape index (κ1) is 26.1. The average Bonchev–Trinajstić information content (AvgIpc) is 3.57. The number of carbonyl (C=O) groups excluding carboxylic acids is 1. The minimum absolute atomic E-state index is 0.101. The van der Waals surface area contributed by atoms with Gasteiger partial charge in [0.2, 0.25) is 5.75 Å². The average molecular weight is 564 g/mol. The van der Waals surface area contributed by atoms with Crippen molar-refractivity contribution in [2.75, 3.05) is 13.7 Å². The van der Waals surface area contributed by atoms with Crippen molar-refractivity contribution in [1.82, 2.24) is 4.57 Å². The molecule has 10 nitrogen and oxygen atoms in total. The lowest BCUT2D eigenvalue weighted by Gasteiger charge is -2.24. The molecule has 1 unspecified atom stereocenters. The van der Waals surface area contributed by atoms with Gasteiger partial charge in [0.05, 0.1) is 34.4 Å². The third-order valence-electron chi connectivity index (χ3n) is 5.98. The number of ether oxygens (including phenoxy) is 2. The Morgan fingerprint density at radius 1 is 1.23 bits per heavy atom. The molecule has 2 aromatic heterocycles. The van der Waals surface area contributed by atoms with E-state index < -0.39 is 33.9 Å². The van der Waals surface area contributed by atoms with Crippen molar-refractivity contribution >= 4 is 46.1 Å². The highest BCUT2D eigenvalue weighted by Crippen LogP contribution is 2.38. The molecule has 5 rings (SSSR count). The zero-order chi connectivity index (χ0) is 27.7. The number of hydrogen-bond donors (Lipinski definition) is 1. The SMILES string of the molecule is CCOC(=O)C1=C(c2ccccc2)N=c2sc(=Cc3cc(OC)c(O)c([N+](=O)[O-])c3)c(=O)n2C1c1cccs1. The summed E-state index contributed by atoms with van der Waals surface area (Å²) in [6.45, 7) is 1.86. The summed E-state index contributed by atoms with van der Waals surface area (Å²) in [6, 6.07) is 14.6. The summed E-state index contributed by atoms with van der Waals surface area (Å²) < 4.78 is 12.2. The molecule has 2 aromatic carbocycles. The van der Waals surface area contributed by atoms with E-state index >= 15 is 0 Å². The molecule has 3 heterocycles. The van der Waals surface area contributed by atoms with E-state index in [1.54, 1.807) is 6.92 Å². The smallest absolute Gasteiger partial charge is 0.338 e. The Balaban J connectivity index is 1.80. The number of methoxy groups -OCH3 is 1. The molecule has 0 aliphatic carbocycles. The van der Waals surface area contributed by atoms with E-state index in [-0.39, 0.29) is 28.0 Å². The maximum atomic E-state index is 13.8. The summed E-state index contributed by atoms with van der Waals surface area (Å²) >= 11 is 2.48. The van der Waals surface area contributed by atoms with Crippen LogP contribution in [0.2, 0.25) is 0 Å². The number of nitrogens with zero attached hydrogens (tertiary/aromatic N) is 3. The molecule has 0 bridgehead atoms. The first-order chi connectivity index (χ1) is 18.8. The molecule has 4 aromatic rings. The van der Waals surface area contributed by atoms with Crippen molar-refractivity contribution in [3.63, 3.8) is 0 Å². The van der Waals surface area contributed by atoms with E-state index in [0.717, 1.165) is 22.3 Å². The molecule has 0 amide bonds. The molecule has 0 fully saturated rings. The van der Waals surface area contributed by atoms with E-state index in [1.165, 1.54) is 35.2 Å². The largest absolute Gasteiger partial charge is 0.500 e. The number of nitro groups is 1. The molecule has 198 valence electrons. The highest BCUT2D eigenvalue weighted by molar-refractivity contribution is 7.10. The van der Waals surface area contributed by atoms with Gasteiger partial charge in [-0.25, -0.2) is 9.79 Å². The van der Waals surface area contributed by atoms with E-state index in [1.807, 2.05) is 47.8 Å². The van der Waals surface area contributed by atoms with Crippen LogP contribution in [0.5, 0.6) is 11.5 Å². The summed E-state index contributed by atoms with van der Waals surface area (Å²) in [5.74, 6) is -1.28. The number of aromatic nitrogens is 1. The molecule has 1 aliphatic rings. The molecule has 12 heteroatoms. The second-order valence-corrected chi connectivity index (χ2v) is 10.3. The van der Waals surface area contributed by atoms with Gasteiger partial charge in [0.25, 0.3) is 5.56 Å². The topological polar surface area (TPSA) is 133 Å². The van der Waals surface area contributed by atoms with Gasteiger partial charge in [-0.05, 0) is 36.1 Å². The van der Waals surface area contributed by atoms with E-state index in [2.05, 4.69) is 0 Å². The fourth-order valence-electron chi connectivity index (χ4n) is 4.30. The van der Waals surface area contributed by atoms with Crippen LogP contribution in [-0.2, 0) is 9.53 Å². The van der Waals surface area contributed by atoms with Gasteiger partial charge in [-0.2, -0.15) is 0 Å². The standard InChI is InChI=1S/C27H21N3O7S2/c1-3-37-26(33)21-22(16-8-5-4-6-9-16)28-27-29(23(21)19-10-7-11-38-19)25(32)20(39-27)14-15-12-17(30(34)35)24(31)18(13-15)36-2/h4-14,23,31H,3H2,1-2H3. The van der Waals surface area contributed by atoms with Gasteiger partial charge in [0, 0.05) is 16.5 Å². The van der Waals surface area contributed by atoms with Gasteiger partial charge < -0.3 is 14.6 Å². The van der Waals surface area contributed by atoms with Gasteiger partial charge in [-0.3, -0.25) is 19.5 Å². The molecule has 0 radical (unpaired) electrons. The number of esters is 1. The van der Waals surface area contributed by atoms with E-state index in [4.69, 9.17) is 14.5 Å². The van der Waals surface area contributed by atoms with E-state index in [0.29, 0.717) is 16.1 Å². The van der Waals surface area contributed by atoms with Crippen LogP contribution in [-0.4, -0.2) is 34.3 Å². The molecule has 1 atom stereocenters. The van der Waals surface area contributed by atoms with Crippen LogP contribution in [0.25, 0.3) is 11.8 Å². The highest BCUT2D eigenvalue weighted by Gasteiger charge is 2.35. The van der Waals surface area contributed by atoms with Crippen molar-refractivity contribution in [3.05, 3.63) is 111 Å². The zero-order valence-electron chi connectivity index (χ0n) is 20.7. The van der Waals surface area contributed by atoms with Crippen molar-refractivity contribution < 1.29 is 24.3 Å². The first-order valence-electron chi connectivity index (χ1n) is 11.7. The van der Waals surface area contributed by atoms with Gasteiger partial charge in [-0.1, -0.05) is 47.7 Å². The Morgan fingerprint density at radius 3 is 2.64 bits per heavy atom. The molecule has 0 spiro atoms. The predicted octanol–water partition coefficient (Wildman–Crippen LogP) is 3.62. The summed E-state index contributed by atoms with van der Waals surface area (Å²) in [5, 5.41) is 23.5. The number of phenols is 1. The number of rotatable bonds is 7. The van der Waals surface area contributed by atoms with Crippen LogP contribution in [0.1, 0.15) is 29.0 Å². The monoisotopic (exact) mass is 563 g/mol. The van der Waals surface area contributed by atoms with Crippen molar-refractivity contribution in [2.45, 2.75) is 13.0 Å². The minimum atomic E-state index is -0.790. The number of hydrogen-bond acceptors (Lipinski definition) is 10. The zero-order valence-corrected chi connectivity index (χ0v) is 22.3. The maximum absolute atomic E-state index is 13.8. The van der Waals surface area contributed by atoms with Gasteiger partial charge >= 0.3 is 11.7 Å². The number of thiophene rings is 1. The summed E-state index contributed by atoms with van der Waals surface area (Å²) in [6.07, 6.45) is 1.47. The Kier molecular flexibility index (Phi) is 7.13. The lowest BCUT2D eigenvalue weighted by atomic mass is 9.97. The van der Waals surface area contributed by atoms with Gasteiger partial charge in [-0.15, -0.1) is 11.3 Å². The third kappa shape index (κ3) is 4.75. The second kappa shape index (κ2) is 10.7. The molecule has 1 N–H and O–H groups in total. The van der Waals surface area contributed by atoms with Crippen LogP contribution in [0, 0.1) is 10.1 Å². The number of benzene rings is 2. The Labute approximate surface area is 229 Å². The number of fused-ring (bicyclic) bond motifs is 1. The predicted molar refractivity (Wildman–Crippen MR) is 147 cm³/mol. The molecular formula is C27H21N3O7S2. The summed E-state index contributed by atoms with van der Waals surface area (Å²) in [7, 11) is 1.28. The van der Waals surface area contributed by atoms with Crippen molar-refractivity contribution in [3.8, 4) is 11.5 Å². The number of phenolic OH excluding ortho intramolecular Hbond substituents is 1. The van der Waals surface area contributed by atoms with Gasteiger partial charge in [0.15, 0.2) is 10.6 Å². The van der Waals surface area contributed by atoms with Crippen LogP contribution in [0.4, 0.5) is 5.69 Å². The highest BCUT2D eigenvalue weighted by atomic mass is 32.1. The maximum Gasteiger partial charge on any atom is 0.338 e. The normalized spacial score (nSPS) is 15.0. The molecule has 0 saturated carbocycles. The summed E-state index contributed by atoms with van der Waals surface area (Å²) in [4.78, 5) is 43.8. The van der Waals surface area contributed by atoms with Crippen molar-refractivity contribution in [1.29, 1.82) is 0 Å². The fraction of sp³-hybridized carbons (Fsp3) is 0.148. The first-order valence-corrected chi connectivity index (χ1v) is 13.4. The Hall–Kier alpha value is -4.55. The van der Waals surface area contributed by atoms with Gasteiger partial charge in [0.1, 0.15) is 6.04 Å². The lowest BCUT2D eigenvalue weighted by Crippen LogP contribution is -2.39. The molecule has 1 aliphatic heterocycles. The lowest BCUT2D eigenvalue weighted by molar-refractivity contribution is -0.386. The number of nitro benzene ring substituents is 1. The fourth-order valence-corrected chi connectivity index (χ4v) is 6.12. The minimum Gasteiger partial charge on any atom is -0.500 e. The molecule has 0 saturated heterocycles. The van der Waals surface area contributed by atoms with Crippen LogP contribution >= 0.6 is 22.7 Å². The van der Waals surface area contributed by atoms with E-state index in [9.17, 15) is 24.8 Å². The Morgan fingerprint density at radius 2 is 2.00 bits per heavy atom. The second-order valence-electron chi connectivity index (χ2n) is 8.29. The van der Waals surface area contributed by atoms with Crippen molar-refractivity contribution in [2.24, 2.45) is 4.99 Å². The molecular weight excluding hydrogens is 542 g/mol. The van der Waals surface area contributed by atoms with Crippen LogP contribution in [0.15, 0.2) is 75.3 Å². The van der Waals surface area contributed by atoms with Crippen LogP contribution < -0.4 is 19.6 Å². The third-order valence-corrected chi connectivity index (χ3v) is 7.89. The summed E-state index contributed by atoms with van der Waals surface area (Å²) in [5.41, 5.74) is 0.635. The number of carbonyl (C=O) groups is 1. The molecule has 39 heavy (non-hydrogen) atoms. The Bertz CT molecular complexity index is 1790. The quantitative estimate of drug-likeness (QED) is 0.206. The number of aromatic hydroxyl groups is 1. The number of thiazole rings is 1. The van der Waals surface area contributed by atoms with Crippen LogP contribution in [0.3, 0.4) is 0 Å².